The zero-order valence-corrected chi connectivity index (χ0v) is 12.5. The quantitative estimate of drug-likeness (QED) is 0.786. The van der Waals surface area contributed by atoms with Gasteiger partial charge in [-0.15, -0.1) is 0 Å². The lowest BCUT2D eigenvalue weighted by atomic mass is 10.2. The summed E-state index contributed by atoms with van der Waals surface area (Å²) < 4.78 is 13.6. The minimum Gasteiger partial charge on any atom is -0.321 e. The van der Waals surface area contributed by atoms with Gasteiger partial charge in [0.2, 0.25) is 0 Å². The number of benzene rings is 2. The minimum atomic E-state index is -0.477. The summed E-state index contributed by atoms with van der Waals surface area (Å²) in [6.07, 6.45) is 0. The zero-order chi connectivity index (χ0) is 14.0. The molecule has 0 unspecified atom stereocenters. The second kappa shape index (κ2) is 5.90. The van der Waals surface area contributed by atoms with Gasteiger partial charge >= 0.3 is 0 Å². The van der Waals surface area contributed by atoms with Crippen LogP contribution in [0.25, 0.3) is 0 Å². The van der Waals surface area contributed by atoms with Gasteiger partial charge in [0.25, 0.3) is 5.91 Å². The van der Waals surface area contributed by atoms with E-state index in [1.54, 1.807) is 18.2 Å². The van der Waals surface area contributed by atoms with E-state index in [0.717, 1.165) is 6.07 Å². The SMILES string of the molecule is O=C(Nc1cc(F)ccc1Cl)c1ccc(Cl)cc1Br. The Morgan fingerprint density at radius 1 is 1.16 bits per heavy atom. The van der Waals surface area contributed by atoms with E-state index >= 15 is 0 Å². The largest absolute Gasteiger partial charge is 0.321 e. The van der Waals surface area contributed by atoms with Crippen LogP contribution in [-0.2, 0) is 0 Å². The number of hydrogen-bond donors (Lipinski definition) is 1. The fraction of sp³-hybridized carbons (Fsp3) is 0. The molecule has 0 aromatic heterocycles. The van der Waals surface area contributed by atoms with Gasteiger partial charge < -0.3 is 5.32 Å². The second-order valence-electron chi connectivity index (χ2n) is 3.70. The van der Waals surface area contributed by atoms with Gasteiger partial charge in [-0.25, -0.2) is 4.39 Å². The summed E-state index contributed by atoms with van der Waals surface area (Å²) in [4.78, 5) is 12.0. The zero-order valence-electron chi connectivity index (χ0n) is 9.38. The third-order valence-electron chi connectivity index (χ3n) is 2.35. The molecule has 2 aromatic rings. The third kappa shape index (κ3) is 3.47. The maximum Gasteiger partial charge on any atom is 0.256 e. The molecule has 0 aliphatic rings. The van der Waals surface area contributed by atoms with Gasteiger partial charge in [0.05, 0.1) is 16.3 Å². The molecule has 6 heteroatoms. The average Bonchev–Trinajstić information content (AvgIpc) is 2.33. The molecule has 19 heavy (non-hydrogen) atoms. The van der Waals surface area contributed by atoms with Crippen LogP contribution >= 0.6 is 39.1 Å². The molecule has 0 saturated heterocycles. The van der Waals surface area contributed by atoms with Crippen LogP contribution in [0, 0.1) is 5.82 Å². The molecular formula is C13H7BrCl2FNO. The fourth-order valence-electron chi connectivity index (χ4n) is 1.46. The molecule has 2 aromatic carbocycles. The lowest BCUT2D eigenvalue weighted by molar-refractivity contribution is 0.102. The van der Waals surface area contributed by atoms with E-state index in [1.165, 1.54) is 12.1 Å². The van der Waals surface area contributed by atoms with Crippen LogP contribution in [0.15, 0.2) is 40.9 Å². The number of carbonyl (C=O) groups is 1. The molecule has 0 heterocycles. The van der Waals surface area contributed by atoms with Crippen LogP contribution in [0.2, 0.25) is 10.0 Å². The van der Waals surface area contributed by atoms with E-state index < -0.39 is 11.7 Å². The van der Waals surface area contributed by atoms with Crippen molar-refractivity contribution in [1.29, 1.82) is 0 Å². The lowest BCUT2D eigenvalue weighted by Crippen LogP contribution is -2.13. The maximum atomic E-state index is 13.1. The summed E-state index contributed by atoms with van der Waals surface area (Å²) in [5.41, 5.74) is 0.596. The highest BCUT2D eigenvalue weighted by Crippen LogP contribution is 2.26. The van der Waals surface area contributed by atoms with E-state index in [4.69, 9.17) is 23.2 Å². The van der Waals surface area contributed by atoms with Gasteiger partial charge in [-0.2, -0.15) is 0 Å². The summed E-state index contributed by atoms with van der Waals surface area (Å²) in [6.45, 7) is 0. The molecule has 0 bridgehead atoms. The standard InChI is InChI=1S/C13H7BrCl2FNO/c14-10-5-7(15)1-3-9(10)13(19)18-12-6-8(17)2-4-11(12)16/h1-6H,(H,18,19). The molecule has 0 saturated carbocycles. The molecule has 2 rings (SSSR count). The fourth-order valence-corrected chi connectivity index (χ4v) is 2.48. The van der Waals surface area contributed by atoms with Crippen molar-refractivity contribution in [3.05, 3.63) is 62.3 Å². The summed E-state index contributed by atoms with van der Waals surface area (Å²) >= 11 is 14.9. The van der Waals surface area contributed by atoms with Gasteiger partial charge in [0.15, 0.2) is 0 Å². The molecular weight excluding hydrogens is 356 g/mol. The van der Waals surface area contributed by atoms with Gasteiger partial charge in [0.1, 0.15) is 5.82 Å². The highest BCUT2D eigenvalue weighted by molar-refractivity contribution is 9.10. The first kappa shape index (κ1) is 14.3. The van der Waals surface area contributed by atoms with Crippen molar-refractivity contribution in [2.24, 2.45) is 0 Å². The number of carbonyl (C=O) groups excluding carboxylic acids is 1. The van der Waals surface area contributed by atoms with Crippen LogP contribution in [0.3, 0.4) is 0 Å². The van der Waals surface area contributed by atoms with Gasteiger partial charge in [0, 0.05) is 9.50 Å². The first-order valence-electron chi connectivity index (χ1n) is 5.19. The van der Waals surface area contributed by atoms with Crippen molar-refractivity contribution >= 4 is 50.7 Å². The van der Waals surface area contributed by atoms with Crippen LogP contribution in [-0.4, -0.2) is 5.91 Å². The lowest BCUT2D eigenvalue weighted by Gasteiger charge is -2.08. The molecule has 2 nitrogen and oxygen atoms in total. The average molecular weight is 363 g/mol. The van der Waals surface area contributed by atoms with Crippen molar-refractivity contribution in [1.82, 2.24) is 0 Å². The Hall–Kier alpha value is -1.10. The number of nitrogens with one attached hydrogen (secondary N) is 1. The number of anilines is 1. The summed E-state index contributed by atoms with van der Waals surface area (Å²) in [5, 5.41) is 3.31. The molecule has 1 amide bonds. The predicted molar refractivity (Wildman–Crippen MR) is 78.5 cm³/mol. The Bertz CT molecular complexity index is 649. The van der Waals surface area contributed by atoms with Crippen LogP contribution in [0.5, 0.6) is 0 Å². The molecule has 0 radical (unpaired) electrons. The Labute approximate surface area is 127 Å². The number of halogens is 4. The van der Waals surface area contributed by atoms with Crippen LogP contribution in [0.4, 0.5) is 10.1 Å². The molecule has 0 spiro atoms. The first-order valence-corrected chi connectivity index (χ1v) is 6.74. The van der Waals surface area contributed by atoms with Crippen LogP contribution < -0.4 is 5.32 Å². The number of rotatable bonds is 2. The molecule has 0 aliphatic carbocycles. The highest BCUT2D eigenvalue weighted by atomic mass is 79.9. The minimum absolute atomic E-state index is 0.216. The van der Waals surface area contributed by atoms with Gasteiger partial charge in [-0.3, -0.25) is 4.79 Å². The Morgan fingerprint density at radius 3 is 2.58 bits per heavy atom. The Morgan fingerprint density at radius 2 is 1.89 bits per heavy atom. The molecule has 1 N–H and O–H groups in total. The monoisotopic (exact) mass is 361 g/mol. The maximum absolute atomic E-state index is 13.1. The van der Waals surface area contributed by atoms with Crippen molar-refractivity contribution in [2.45, 2.75) is 0 Å². The van der Waals surface area contributed by atoms with Crippen LogP contribution in [0.1, 0.15) is 10.4 Å². The van der Waals surface area contributed by atoms with E-state index in [9.17, 15) is 9.18 Å². The van der Waals surface area contributed by atoms with E-state index in [-0.39, 0.29) is 10.7 Å². The third-order valence-corrected chi connectivity index (χ3v) is 3.57. The molecule has 0 atom stereocenters. The van der Waals surface area contributed by atoms with E-state index in [1.807, 2.05) is 0 Å². The molecule has 0 fully saturated rings. The van der Waals surface area contributed by atoms with Crippen molar-refractivity contribution < 1.29 is 9.18 Å². The van der Waals surface area contributed by atoms with Gasteiger partial charge in [-0.1, -0.05) is 23.2 Å². The predicted octanol–water partition coefficient (Wildman–Crippen LogP) is 5.15. The van der Waals surface area contributed by atoms with Gasteiger partial charge in [-0.05, 0) is 52.3 Å². The molecule has 98 valence electrons. The number of hydrogen-bond acceptors (Lipinski definition) is 1. The molecule has 0 aliphatic heterocycles. The summed E-state index contributed by atoms with van der Waals surface area (Å²) in [7, 11) is 0. The second-order valence-corrected chi connectivity index (χ2v) is 5.40. The first-order chi connectivity index (χ1) is 8.97. The number of amides is 1. The van der Waals surface area contributed by atoms with Crippen molar-refractivity contribution in [3.63, 3.8) is 0 Å². The topological polar surface area (TPSA) is 29.1 Å². The van der Waals surface area contributed by atoms with Crippen molar-refractivity contribution in [2.75, 3.05) is 5.32 Å². The normalized spacial score (nSPS) is 10.3. The Kier molecular flexibility index (Phi) is 4.45. The Balaban J connectivity index is 2.28. The summed E-state index contributed by atoms with van der Waals surface area (Å²) in [6, 6.07) is 8.51. The van der Waals surface area contributed by atoms with Crippen molar-refractivity contribution in [3.8, 4) is 0 Å². The smallest absolute Gasteiger partial charge is 0.256 e. The summed E-state index contributed by atoms with van der Waals surface area (Å²) in [5.74, 6) is -0.883. The highest BCUT2D eigenvalue weighted by Gasteiger charge is 2.12. The van der Waals surface area contributed by atoms with E-state index in [2.05, 4.69) is 21.2 Å². The van der Waals surface area contributed by atoms with E-state index in [0.29, 0.717) is 15.1 Å².